The Labute approximate surface area is 121 Å². The summed E-state index contributed by atoms with van der Waals surface area (Å²) in [6, 6.07) is 0. The lowest BCUT2D eigenvalue weighted by Crippen LogP contribution is -2.30. The van der Waals surface area contributed by atoms with Crippen LogP contribution >= 0.6 is 0 Å². The number of esters is 1. The van der Waals surface area contributed by atoms with Crippen molar-refractivity contribution in [3.05, 3.63) is 23.3 Å². The third-order valence-corrected chi connectivity index (χ3v) is 4.96. The molecule has 1 N–H and O–H groups in total. The number of fused-ring (bicyclic) bond motifs is 1. The summed E-state index contributed by atoms with van der Waals surface area (Å²) in [4.78, 5) is 11.2. The molecule has 0 aliphatic heterocycles. The first-order valence-corrected chi connectivity index (χ1v) is 7.44. The molecule has 1 saturated carbocycles. The first-order chi connectivity index (χ1) is 9.23. The van der Waals surface area contributed by atoms with Crippen molar-refractivity contribution in [2.75, 3.05) is 0 Å². The van der Waals surface area contributed by atoms with Crippen LogP contribution in [0.5, 0.6) is 0 Å². The van der Waals surface area contributed by atoms with E-state index in [1.807, 2.05) is 19.9 Å². The number of rotatable bonds is 1. The van der Waals surface area contributed by atoms with E-state index in [2.05, 4.69) is 19.9 Å². The van der Waals surface area contributed by atoms with Gasteiger partial charge < -0.3 is 9.84 Å². The highest BCUT2D eigenvalue weighted by Crippen LogP contribution is 2.61. The molecule has 2 rings (SSSR count). The molecule has 4 atom stereocenters. The monoisotopic (exact) mass is 278 g/mol. The highest BCUT2D eigenvalue weighted by Gasteiger charge is 2.55. The number of carbonyl (C=O) groups excluding carboxylic acids is 1. The van der Waals surface area contributed by atoms with Crippen LogP contribution in [0.1, 0.15) is 47.5 Å². The zero-order valence-electron chi connectivity index (χ0n) is 13.1. The summed E-state index contributed by atoms with van der Waals surface area (Å²) >= 11 is 0. The highest BCUT2D eigenvalue weighted by molar-refractivity contribution is 5.66. The van der Waals surface area contributed by atoms with Crippen molar-refractivity contribution >= 4 is 5.97 Å². The van der Waals surface area contributed by atoms with Crippen LogP contribution in [0.15, 0.2) is 23.3 Å². The van der Waals surface area contributed by atoms with Gasteiger partial charge >= 0.3 is 5.97 Å². The van der Waals surface area contributed by atoms with E-state index in [-0.39, 0.29) is 5.97 Å². The van der Waals surface area contributed by atoms with Gasteiger partial charge in [-0.15, -0.1) is 0 Å². The largest absolute Gasteiger partial charge is 0.455 e. The lowest BCUT2D eigenvalue weighted by Gasteiger charge is -2.22. The molecule has 2 aliphatic carbocycles. The molecule has 0 radical (unpaired) electrons. The normalized spacial score (nSPS) is 36.3. The van der Waals surface area contributed by atoms with Crippen LogP contribution in [0.2, 0.25) is 0 Å². The minimum absolute atomic E-state index is 0.322. The Balaban J connectivity index is 2.27. The number of allylic oxidation sites excluding steroid dienone is 2. The fraction of sp³-hybridized carbons (Fsp3) is 0.706. The molecule has 0 bridgehead atoms. The van der Waals surface area contributed by atoms with E-state index in [1.54, 1.807) is 0 Å². The molecule has 0 spiro atoms. The fourth-order valence-corrected chi connectivity index (χ4v) is 3.44. The fourth-order valence-electron chi connectivity index (χ4n) is 3.44. The summed E-state index contributed by atoms with van der Waals surface area (Å²) in [7, 11) is 0. The summed E-state index contributed by atoms with van der Waals surface area (Å²) in [6.07, 6.45) is 4.93. The maximum atomic E-state index is 11.2. The van der Waals surface area contributed by atoms with Gasteiger partial charge in [0.2, 0.25) is 0 Å². The van der Waals surface area contributed by atoms with Crippen LogP contribution in [0, 0.1) is 17.3 Å². The van der Waals surface area contributed by atoms with Gasteiger partial charge in [0.1, 0.15) is 12.2 Å². The molecule has 3 nitrogen and oxygen atoms in total. The minimum Gasteiger partial charge on any atom is -0.455 e. The number of hydrogen-bond donors (Lipinski definition) is 1. The van der Waals surface area contributed by atoms with Gasteiger partial charge in [-0.2, -0.15) is 0 Å². The molecule has 0 aromatic rings. The van der Waals surface area contributed by atoms with Gasteiger partial charge in [0.25, 0.3) is 0 Å². The van der Waals surface area contributed by atoms with Crippen LogP contribution in [-0.4, -0.2) is 23.3 Å². The van der Waals surface area contributed by atoms with Gasteiger partial charge in [0, 0.05) is 6.92 Å². The van der Waals surface area contributed by atoms with E-state index in [0.29, 0.717) is 17.3 Å². The first-order valence-electron chi connectivity index (χ1n) is 7.44. The average molecular weight is 278 g/mol. The third kappa shape index (κ3) is 2.98. The molecular weight excluding hydrogens is 252 g/mol. The lowest BCUT2D eigenvalue weighted by atomic mass is 9.97. The Hall–Kier alpha value is -1.09. The summed E-state index contributed by atoms with van der Waals surface area (Å²) < 4.78 is 5.27. The molecule has 0 aromatic carbocycles. The molecule has 20 heavy (non-hydrogen) atoms. The number of ether oxygens (including phenoxy) is 1. The Morgan fingerprint density at radius 2 is 2.00 bits per heavy atom. The van der Waals surface area contributed by atoms with Crippen molar-refractivity contribution in [2.45, 2.75) is 59.7 Å². The Morgan fingerprint density at radius 1 is 1.35 bits per heavy atom. The summed E-state index contributed by atoms with van der Waals surface area (Å²) in [6.45, 7) is 9.94. The summed E-state index contributed by atoms with van der Waals surface area (Å²) in [5.41, 5.74) is 2.41. The zero-order valence-corrected chi connectivity index (χ0v) is 13.1. The second-order valence-electron chi connectivity index (χ2n) is 6.93. The molecule has 112 valence electrons. The number of aliphatic hydroxyl groups is 1. The molecule has 3 heteroatoms. The van der Waals surface area contributed by atoms with Gasteiger partial charge in [0.05, 0.1) is 0 Å². The second kappa shape index (κ2) is 5.36. The van der Waals surface area contributed by atoms with Crippen molar-refractivity contribution in [1.29, 1.82) is 0 Å². The Bertz CT molecular complexity index is 459. The van der Waals surface area contributed by atoms with Crippen LogP contribution in [0.25, 0.3) is 0 Å². The van der Waals surface area contributed by atoms with Crippen LogP contribution in [-0.2, 0) is 9.53 Å². The predicted octanol–water partition coefficient (Wildman–Crippen LogP) is 3.24. The van der Waals surface area contributed by atoms with E-state index >= 15 is 0 Å². The average Bonchev–Trinajstić information content (AvgIpc) is 2.84. The number of carbonyl (C=O) groups is 1. The zero-order chi connectivity index (χ0) is 15.1. The third-order valence-electron chi connectivity index (χ3n) is 4.96. The van der Waals surface area contributed by atoms with Crippen LogP contribution in [0.4, 0.5) is 0 Å². The minimum atomic E-state index is -0.746. The molecule has 0 saturated heterocycles. The van der Waals surface area contributed by atoms with Crippen molar-refractivity contribution < 1.29 is 14.6 Å². The summed E-state index contributed by atoms with van der Waals surface area (Å²) in [5.74, 6) is 0.867. The van der Waals surface area contributed by atoms with Crippen molar-refractivity contribution in [3.63, 3.8) is 0 Å². The second-order valence-corrected chi connectivity index (χ2v) is 6.93. The van der Waals surface area contributed by atoms with Crippen molar-refractivity contribution in [2.24, 2.45) is 17.3 Å². The van der Waals surface area contributed by atoms with Crippen molar-refractivity contribution in [1.82, 2.24) is 0 Å². The van der Waals surface area contributed by atoms with Gasteiger partial charge in [0.15, 0.2) is 0 Å². The van der Waals surface area contributed by atoms with Gasteiger partial charge in [-0.3, -0.25) is 4.79 Å². The van der Waals surface area contributed by atoms with E-state index in [4.69, 9.17) is 4.74 Å². The lowest BCUT2D eigenvalue weighted by molar-refractivity contribution is -0.147. The summed E-state index contributed by atoms with van der Waals surface area (Å²) in [5, 5.41) is 10.4. The standard InChI is InChI=1S/C17H26O3/c1-10-6-7-13-14(17(13,4)5)9-11(2)16(19)15(8-10)20-12(3)18/h8-9,13-16,19H,6-7H2,1-5H3. The van der Waals surface area contributed by atoms with Gasteiger partial charge in [-0.25, -0.2) is 0 Å². The van der Waals surface area contributed by atoms with E-state index in [1.165, 1.54) is 12.5 Å². The molecular formula is C17H26O3. The quantitative estimate of drug-likeness (QED) is 0.591. The first kappa shape index (κ1) is 15.3. The predicted molar refractivity (Wildman–Crippen MR) is 79.1 cm³/mol. The Morgan fingerprint density at radius 3 is 2.60 bits per heavy atom. The SMILES string of the molecule is CC(=O)OC1C=C(C)CCC2C(C=C(C)C1O)C2(C)C. The van der Waals surface area contributed by atoms with Crippen LogP contribution < -0.4 is 0 Å². The maximum Gasteiger partial charge on any atom is 0.303 e. The van der Waals surface area contributed by atoms with Crippen LogP contribution in [0.3, 0.4) is 0 Å². The Kier molecular flexibility index (Phi) is 4.10. The van der Waals surface area contributed by atoms with Crippen molar-refractivity contribution in [3.8, 4) is 0 Å². The maximum absolute atomic E-state index is 11.2. The molecule has 1 fully saturated rings. The van der Waals surface area contributed by atoms with Gasteiger partial charge in [-0.05, 0) is 55.6 Å². The molecule has 0 heterocycles. The van der Waals surface area contributed by atoms with E-state index in [0.717, 1.165) is 18.4 Å². The molecule has 0 aromatic heterocycles. The van der Waals surface area contributed by atoms with E-state index < -0.39 is 12.2 Å². The smallest absolute Gasteiger partial charge is 0.303 e. The molecule has 4 unspecified atom stereocenters. The van der Waals surface area contributed by atoms with E-state index in [9.17, 15) is 9.90 Å². The van der Waals surface area contributed by atoms with Gasteiger partial charge in [-0.1, -0.05) is 25.5 Å². The highest BCUT2D eigenvalue weighted by atomic mass is 16.6. The number of aliphatic hydroxyl groups excluding tert-OH is 1. The molecule has 2 aliphatic rings. The molecule has 0 amide bonds. The topological polar surface area (TPSA) is 46.5 Å². The number of hydrogen-bond acceptors (Lipinski definition) is 3.